The first kappa shape index (κ1) is 21.6. The van der Waals surface area contributed by atoms with Crippen LogP contribution in [0.2, 0.25) is 0 Å². The van der Waals surface area contributed by atoms with E-state index in [9.17, 15) is 13.2 Å². The number of hydrogen-bond donors (Lipinski definition) is 1. The molecule has 1 aliphatic heterocycles. The van der Waals surface area contributed by atoms with Gasteiger partial charge in [-0.15, -0.1) is 10.2 Å². The van der Waals surface area contributed by atoms with Crippen LogP contribution in [0.15, 0.2) is 57.1 Å². The quantitative estimate of drug-likeness (QED) is 0.512. The maximum Gasteiger partial charge on any atom is 0.243 e. The molecule has 1 amide bonds. The summed E-state index contributed by atoms with van der Waals surface area (Å²) >= 11 is 1.28. The molecule has 9 nitrogen and oxygen atoms in total. The lowest BCUT2D eigenvalue weighted by atomic mass is 10.2. The van der Waals surface area contributed by atoms with Crippen LogP contribution in [0, 0.1) is 0 Å². The van der Waals surface area contributed by atoms with E-state index in [4.69, 9.17) is 4.42 Å². The predicted molar refractivity (Wildman–Crippen MR) is 116 cm³/mol. The Bertz CT molecular complexity index is 1130. The number of thioether (sulfide) groups is 1. The summed E-state index contributed by atoms with van der Waals surface area (Å²) in [6.07, 6.45) is 3.36. The Kier molecular flexibility index (Phi) is 6.44. The zero-order valence-corrected chi connectivity index (χ0v) is 18.7. The highest BCUT2D eigenvalue weighted by atomic mass is 32.2. The van der Waals surface area contributed by atoms with Gasteiger partial charge in [-0.05, 0) is 49.2 Å². The molecule has 0 aliphatic carbocycles. The van der Waals surface area contributed by atoms with E-state index in [1.165, 1.54) is 16.1 Å². The van der Waals surface area contributed by atoms with Crippen molar-refractivity contribution in [2.24, 2.45) is 7.05 Å². The zero-order valence-electron chi connectivity index (χ0n) is 17.0. The van der Waals surface area contributed by atoms with E-state index in [2.05, 4.69) is 15.5 Å². The standard InChI is InChI=1S/C20H23N5O4S2/c1-24-19(15-6-8-17(9-7-15)31(27,28)25-10-2-3-11-25)22-23-20(24)30-14-18(26)21-13-16-5-4-12-29-16/h4-9,12H,2-3,10-11,13-14H2,1H3,(H,21,26). The summed E-state index contributed by atoms with van der Waals surface area (Å²) in [4.78, 5) is 12.3. The maximum atomic E-state index is 12.7. The van der Waals surface area contributed by atoms with Gasteiger partial charge in [0.15, 0.2) is 11.0 Å². The molecule has 11 heteroatoms. The van der Waals surface area contributed by atoms with Crippen molar-refractivity contribution in [3.05, 3.63) is 48.4 Å². The van der Waals surface area contributed by atoms with Gasteiger partial charge in [-0.3, -0.25) is 4.79 Å². The van der Waals surface area contributed by atoms with E-state index < -0.39 is 10.0 Å². The van der Waals surface area contributed by atoms with Crippen molar-refractivity contribution in [1.82, 2.24) is 24.4 Å². The molecule has 0 atom stereocenters. The molecule has 0 bridgehead atoms. The molecular weight excluding hydrogens is 438 g/mol. The molecule has 0 unspecified atom stereocenters. The molecule has 1 fully saturated rings. The van der Waals surface area contributed by atoms with Gasteiger partial charge < -0.3 is 14.3 Å². The van der Waals surface area contributed by atoms with Crippen molar-refractivity contribution < 1.29 is 17.6 Å². The summed E-state index contributed by atoms with van der Waals surface area (Å²) in [7, 11) is -1.63. The average molecular weight is 462 g/mol. The van der Waals surface area contributed by atoms with Crippen molar-refractivity contribution in [3.63, 3.8) is 0 Å². The van der Waals surface area contributed by atoms with Crippen molar-refractivity contribution in [2.75, 3.05) is 18.8 Å². The van der Waals surface area contributed by atoms with E-state index in [0.717, 1.165) is 18.4 Å². The summed E-state index contributed by atoms with van der Waals surface area (Å²) in [6, 6.07) is 10.2. The first-order valence-electron chi connectivity index (χ1n) is 9.87. The van der Waals surface area contributed by atoms with Gasteiger partial charge in [-0.1, -0.05) is 11.8 Å². The van der Waals surface area contributed by atoms with Crippen LogP contribution < -0.4 is 5.32 Å². The van der Waals surface area contributed by atoms with E-state index in [-0.39, 0.29) is 16.6 Å². The van der Waals surface area contributed by atoms with Crippen LogP contribution in [0.3, 0.4) is 0 Å². The zero-order chi connectivity index (χ0) is 21.8. The van der Waals surface area contributed by atoms with Crippen molar-refractivity contribution in [3.8, 4) is 11.4 Å². The van der Waals surface area contributed by atoms with Crippen molar-refractivity contribution in [1.29, 1.82) is 0 Å². The molecule has 3 heterocycles. The second kappa shape index (κ2) is 9.25. The minimum Gasteiger partial charge on any atom is -0.467 e. The Morgan fingerprint density at radius 3 is 2.58 bits per heavy atom. The van der Waals surface area contributed by atoms with Crippen LogP contribution in [-0.4, -0.2) is 52.2 Å². The van der Waals surface area contributed by atoms with Gasteiger partial charge in [0.1, 0.15) is 5.76 Å². The molecule has 0 radical (unpaired) electrons. The molecule has 31 heavy (non-hydrogen) atoms. The Labute approximate surface area is 184 Å². The van der Waals surface area contributed by atoms with Crippen LogP contribution in [0.5, 0.6) is 0 Å². The van der Waals surface area contributed by atoms with E-state index in [1.807, 2.05) is 7.05 Å². The minimum atomic E-state index is -3.45. The molecule has 4 rings (SSSR count). The number of aromatic nitrogens is 3. The molecule has 3 aromatic rings. The van der Waals surface area contributed by atoms with Crippen LogP contribution in [0.4, 0.5) is 0 Å². The van der Waals surface area contributed by atoms with Crippen molar-refractivity contribution in [2.45, 2.75) is 29.4 Å². The fourth-order valence-electron chi connectivity index (χ4n) is 3.33. The molecule has 0 saturated carbocycles. The summed E-state index contributed by atoms with van der Waals surface area (Å²) in [5.74, 6) is 1.35. The van der Waals surface area contributed by atoms with Gasteiger partial charge in [0.25, 0.3) is 0 Å². The maximum absolute atomic E-state index is 12.7. The molecule has 164 valence electrons. The number of hydrogen-bond acceptors (Lipinski definition) is 7. The molecule has 1 aliphatic rings. The van der Waals surface area contributed by atoms with Crippen LogP contribution in [-0.2, 0) is 28.4 Å². The summed E-state index contributed by atoms with van der Waals surface area (Å²) in [5, 5.41) is 11.7. The first-order valence-corrected chi connectivity index (χ1v) is 12.3. The smallest absolute Gasteiger partial charge is 0.243 e. The normalized spacial score (nSPS) is 14.7. The molecule has 0 spiro atoms. The SMILES string of the molecule is Cn1c(SCC(=O)NCc2ccco2)nnc1-c1ccc(S(=O)(=O)N2CCCC2)cc1. The van der Waals surface area contributed by atoms with Gasteiger partial charge in [0.05, 0.1) is 23.5 Å². The second-order valence-corrected chi connectivity index (χ2v) is 10.0. The predicted octanol–water partition coefficient (Wildman–Crippen LogP) is 2.27. The third-order valence-corrected chi connectivity index (χ3v) is 7.96. The number of benzene rings is 1. The molecule has 1 saturated heterocycles. The van der Waals surface area contributed by atoms with Gasteiger partial charge in [-0.25, -0.2) is 8.42 Å². The number of sulfonamides is 1. The number of nitrogens with one attached hydrogen (secondary N) is 1. The first-order chi connectivity index (χ1) is 14.9. The number of carbonyl (C=O) groups excluding carboxylic acids is 1. The highest BCUT2D eigenvalue weighted by Gasteiger charge is 2.27. The Hall–Kier alpha value is -2.63. The molecular formula is C20H23N5O4S2. The minimum absolute atomic E-state index is 0.137. The van der Waals surface area contributed by atoms with Gasteiger partial charge in [0, 0.05) is 25.7 Å². The molecule has 2 aromatic heterocycles. The number of rotatable bonds is 8. The molecule has 1 aromatic carbocycles. The van der Waals surface area contributed by atoms with Gasteiger partial charge in [0.2, 0.25) is 15.9 Å². The van der Waals surface area contributed by atoms with Crippen LogP contribution in [0.25, 0.3) is 11.4 Å². The lowest BCUT2D eigenvalue weighted by Crippen LogP contribution is -2.27. The van der Waals surface area contributed by atoms with E-state index in [1.54, 1.807) is 47.2 Å². The number of carbonyl (C=O) groups is 1. The number of nitrogens with zero attached hydrogens (tertiary/aromatic N) is 4. The molecule has 1 N–H and O–H groups in total. The average Bonchev–Trinajstić information content (AvgIpc) is 3.53. The van der Waals surface area contributed by atoms with Crippen LogP contribution in [0.1, 0.15) is 18.6 Å². The third-order valence-electron chi connectivity index (χ3n) is 5.02. The highest BCUT2D eigenvalue weighted by molar-refractivity contribution is 7.99. The van der Waals surface area contributed by atoms with Crippen molar-refractivity contribution >= 4 is 27.7 Å². The second-order valence-electron chi connectivity index (χ2n) is 7.15. The Balaban J connectivity index is 1.39. The fourth-order valence-corrected chi connectivity index (χ4v) is 5.58. The van der Waals surface area contributed by atoms with Crippen LogP contribution >= 0.6 is 11.8 Å². The third kappa shape index (κ3) is 4.83. The van der Waals surface area contributed by atoms with Gasteiger partial charge in [-0.2, -0.15) is 4.31 Å². The number of furan rings is 1. The summed E-state index contributed by atoms with van der Waals surface area (Å²) in [5.41, 5.74) is 0.754. The summed E-state index contributed by atoms with van der Waals surface area (Å²) in [6.45, 7) is 1.48. The van der Waals surface area contributed by atoms with Gasteiger partial charge >= 0.3 is 0 Å². The largest absolute Gasteiger partial charge is 0.467 e. The lowest BCUT2D eigenvalue weighted by Gasteiger charge is -2.15. The topological polar surface area (TPSA) is 110 Å². The number of amides is 1. The Morgan fingerprint density at radius 1 is 1.16 bits per heavy atom. The fraction of sp³-hybridized carbons (Fsp3) is 0.350. The summed E-state index contributed by atoms with van der Waals surface area (Å²) < 4.78 is 33.9. The monoisotopic (exact) mass is 461 g/mol. The highest BCUT2D eigenvalue weighted by Crippen LogP contribution is 2.26. The van der Waals surface area contributed by atoms with E-state index in [0.29, 0.717) is 36.4 Å². The van der Waals surface area contributed by atoms with E-state index >= 15 is 0 Å². The Morgan fingerprint density at radius 2 is 1.90 bits per heavy atom. The lowest BCUT2D eigenvalue weighted by molar-refractivity contribution is -0.118.